The quantitative estimate of drug-likeness (QED) is 0.876. The van der Waals surface area contributed by atoms with Crippen molar-refractivity contribution in [2.75, 3.05) is 0 Å². The predicted octanol–water partition coefficient (Wildman–Crippen LogP) is 1.99. The highest BCUT2D eigenvalue weighted by Gasteiger charge is 2.56. The van der Waals surface area contributed by atoms with Crippen LogP contribution in [-0.2, 0) is 11.2 Å². The average Bonchev–Trinajstić information content (AvgIpc) is 2.79. The minimum absolute atomic E-state index is 0. The van der Waals surface area contributed by atoms with Gasteiger partial charge in [0, 0.05) is 23.9 Å². The molecule has 1 amide bonds. The van der Waals surface area contributed by atoms with Gasteiger partial charge in [-0.15, -0.1) is 12.4 Å². The molecule has 108 valence electrons. The van der Waals surface area contributed by atoms with Crippen LogP contribution in [0.3, 0.4) is 0 Å². The molecule has 0 aliphatic heterocycles. The summed E-state index contributed by atoms with van der Waals surface area (Å²) < 4.78 is 0. The van der Waals surface area contributed by atoms with Gasteiger partial charge in [0.25, 0.3) is 0 Å². The Morgan fingerprint density at radius 3 is 2.80 bits per heavy atom. The molecule has 1 aromatic rings. The Morgan fingerprint density at radius 2 is 2.05 bits per heavy atom. The van der Waals surface area contributed by atoms with Gasteiger partial charge in [0.2, 0.25) is 5.91 Å². The number of carbonyl (C=O) groups is 1. The first-order valence-corrected chi connectivity index (χ1v) is 7.38. The SMILES string of the molecule is Cl.NC1CCC(C(=O)NC2C3Cc4ccccc4C32)C1. The van der Waals surface area contributed by atoms with Crippen LogP contribution in [0, 0.1) is 11.8 Å². The van der Waals surface area contributed by atoms with Crippen LogP contribution in [0.1, 0.15) is 36.3 Å². The Balaban J connectivity index is 0.00000121. The second kappa shape index (κ2) is 5.05. The molecule has 4 rings (SSSR count). The molecule has 3 aliphatic carbocycles. The summed E-state index contributed by atoms with van der Waals surface area (Å²) in [5, 5.41) is 3.26. The van der Waals surface area contributed by atoms with Gasteiger partial charge in [-0.25, -0.2) is 0 Å². The average molecular weight is 293 g/mol. The molecule has 2 fully saturated rings. The first kappa shape index (κ1) is 13.9. The lowest BCUT2D eigenvalue weighted by molar-refractivity contribution is -0.125. The molecule has 0 saturated heterocycles. The fourth-order valence-electron chi connectivity index (χ4n) is 4.08. The number of fused-ring (bicyclic) bond motifs is 3. The number of carbonyl (C=O) groups excluding carboxylic acids is 1. The van der Waals surface area contributed by atoms with E-state index in [4.69, 9.17) is 5.73 Å². The van der Waals surface area contributed by atoms with E-state index in [0.29, 0.717) is 17.9 Å². The van der Waals surface area contributed by atoms with Crippen LogP contribution in [0.4, 0.5) is 0 Å². The fraction of sp³-hybridized carbons (Fsp3) is 0.562. The lowest BCUT2D eigenvalue weighted by Crippen LogP contribution is -2.34. The zero-order valence-electron chi connectivity index (χ0n) is 11.4. The van der Waals surface area contributed by atoms with Gasteiger partial charge in [-0.3, -0.25) is 4.79 Å². The minimum atomic E-state index is 0. The summed E-state index contributed by atoms with van der Waals surface area (Å²) in [7, 11) is 0. The molecule has 1 aromatic carbocycles. The van der Waals surface area contributed by atoms with Gasteiger partial charge in [-0.05, 0) is 42.7 Å². The van der Waals surface area contributed by atoms with E-state index in [0.717, 1.165) is 25.7 Å². The fourth-order valence-corrected chi connectivity index (χ4v) is 4.08. The van der Waals surface area contributed by atoms with Crippen LogP contribution in [0.15, 0.2) is 24.3 Å². The van der Waals surface area contributed by atoms with Crippen molar-refractivity contribution in [2.24, 2.45) is 17.6 Å². The van der Waals surface area contributed by atoms with Crippen molar-refractivity contribution in [3.63, 3.8) is 0 Å². The van der Waals surface area contributed by atoms with Gasteiger partial charge in [-0.2, -0.15) is 0 Å². The topological polar surface area (TPSA) is 55.1 Å². The van der Waals surface area contributed by atoms with E-state index in [1.165, 1.54) is 11.1 Å². The monoisotopic (exact) mass is 292 g/mol. The van der Waals surface area contributed by atoms with E-state index in [9.17, 15) is 4.79 Å². The van der Waals surface area contributed by atoms with Crippen LogP contribution in [0.5, 0.6) is 0 Å². The Kier molecular flexibility index (Phi) is 3.51. The molecule has 5 atom stereocenters. The molecule has 0 heterocycles. The maximum absolute atomic E-state index is 12.2. The third kappa shape index (κ3) is 2.13. The van der Waals surface area contributed by atoms with Crippen molar-refractivity contribution >= 4 is 18.3 Å². The van der Waals surface area contributed by atoms with E-state index in [1.807, 2.05) is 0 Å². The molecule has 0 radical (unpaired) electrons. The van der Waals surface area contributed by atoms with Crippen LogP contribution in [-0.4, -0.2) is 18.0 Å². The Hall–Kier alpha value is -1.06. The van der Waals surface area contributed by atoms with Crippen molar-refractivity contribution in [2.45, 2.75) is 43.7 Å². The van der Waals surface area contributed by atoms with Gasteiger partial charge in [0.1, 0.15) is 0 Å². The molecule has 3 aliphatic rings. The summed E-state index contributed by atoms with van der Waals surface area (Å²) in [6.45, 7) is 0. The maximum Gasteiger partial charge on any atom is 0.223 e. The molecule has 3 nitrogen and oxygen atoms in total. The molecule has 2 saturated carbocycles. The zero-order valence-corrected chi connectivity index (χ0v) is 12.2. The second-order valence-electron chi connectivity index (χ2n) is 6.40. The van der Waals surface area contributed by atoms with Crippen LogP contribution in [0.2, 0.25) is 0 Å². The summed E-state index contributed by atoms with van der Waals surface area (Å²) >= 11 is 0. The van der Waals surface area contributed by atoms with E-state index < -0.39 is 0 Å². The van der Waals surface area contributed by atoms with Crippen molar-refractivity contribution in [3.8, 4) is 0 Å². The number of halogens is 1. The van der Waals surface area contributed by atoms with Gasteiger partial charge in [-0.1, -0.05) is 24.3 Å². The summed E-state index contributed by atoms with van der Waals surface area (Å²) in [6.07, 6.45) is 3.96. The van der Waals surface area contributed by atoms with Crippen LogP contribution >= 0.6 is 12.4 Å². The first-order valence-electron chi connectivity index (χ1n) is 7.38. The lowest BCUT2D eigenvalue weighted by Gasteiger charge is -2.13. The number of hydrogen-bond acceptors (Lipinski definition) is 2. The number of nitrogens with one attached hydrogen (secondary N) is 1. The van der Waals surface area contributed by atoms with Crippen LogP contribution < -0.4 is 11.1 Å². The standard InChI is InChI=1S/C16H20N2O.ClH/c17-11-6-5-10(7-11)16(19)18-15-13-8-9-3-1-2-4-12(9)14(13)15;/h1-4,10-11,13-15H,5-8,17H2,(H,18,19);1H. The molecule has 20 heavy (non-hydrogen) atoms. The second-order valence-corrected chi connectivity index (χ2v) is 6.40. The molecule has 0 aromatic heterocycles. The minimum Gasteiger partial charge on any atom is -0.352 e. The largest absolute Gasteiger partial charge is 0.352 e. The molecular weight excluding hydrogens is 272 g/mol. The van der Waals surface area contributed by atoms with Gasteiger partial charge >= 0.3 is 0 Å². The number of benzene rings is 1. The first-order chi connectivity index (χ1) is 9.24. The Morgan fingerprint density at radius 1 is 1.25 bits per heavy atom. The zero-order chi connectivity index (χ0) is 13.0. The summed E-state index contributed by atoms with van der Waals surface area (Å²) in [5.41, 5.74) is 8.82. The number of hydrogen-bond donors (Lipinski definition) is 2. The third-order valence-electron chi connectivity index (χ3n) is 5.19. The molecule has 4 heteroatoms. The predicted molar refractivity (Wildman–Crippen MR) is 80.9 cm³/mol. The Bertz CT molecular complexity index is 533. The van der Waals surface area contributed by atoms with E-state index in [-0.39, 0.29) is 30.3 Å². The van der Waals surface area contributed by atoms with Crippen molar-refractivity contribution < 1.29 is 4.79 Å². The highest BCUT2D eigenvalue weighted by molar-refractivity contribution is 5.85. The van der Waals surface area contributed by atoms with E-state index in [1.54, 1.807) is 0 Å². The third-order valence-corrected chi connectivity index (χ3v) is 5.19. The van der Waals surface area contributed by atoms with Crippen molar-refractivity contribution in [3.05, 3.63) is 35.4 Å². The molecule has 0 spiro atoms. The number of nitrogens with two attached hydrogens (primary N) is 1. The molecule has 5 unspecified atom stereocenters. The molecular formula is C16H21ClN2O. The summed E-state index contributed by atoms with van der Waals surface area (Å²) in [5.74, 6) is 1.63. The van der Waals surface area contributed by atoms with Crippen LogP contribution in [0.25, 0.3) is 0 Å². The Labute approximate surface area is 125 Å². The van der Waals surface area contributed by atoms with Gasteiger partial charge in [0.05, 0.1) is 0 Å². The van der Waals surface area contributed by atoms with E-state index >= 15 is 0 Å². The summed E-state index contributed by atoms with van der Waals surface area (Å²) in [4.78, 5) is 12.2. The highest BCUT2D eigenvalue weighted by Crippen LogP contribution is 2.56. The number of rotatable bonds is 2. The highest BCUT2D eigenvalue weighted by atomic mass is 35.5. The molecule has 3 N–H and O–H groups in total. The molecule has 0 bridgehead atoms. The van der Waals surface area contributed by atoms with Crippen molar-refractivity contribution in [1.82, 2.24) is 5.32 Å². The smallest absolute Gasteiger partial charge is 0.223 e. The van der Waals surface area contributed by atoms with Gasteiger partial charge in [0.15, 0.2) is 0 Å². The maximum atomic E-state index is 12.2. The number of amides is 1. The normalized spacial score (nSPS) is 36.8. The van der Waals surface area contributed by atoms with E-state index in [2.05, 4.69) is 29.6 Å². The summed E-state index contributed by atoms with van der Waals surface area (Å²) in [6, 6.07) is 9.27. The lowest BCUT2D eigenvalue weighted by atomic mass is 10.0. The van der Waals surface area contributed by atoms with Crippen molar-refractivity contribution in [1.29, 1.82) is 0 Å². The van der Waals surface area contributed by atoms with Gasteiger partial charge < -0.3 is 11.1 Å².